The Morgan fingerprint density at radius 3 is 2.29 bits per heavy atom. The van der Waals surface area contributed by atoms with Crippen LogP contribution in [0.4, 0.5) is 10.5 Å². The first-order valence-corrected chi connectivity index (χ1v) is 13.2. The summed E-state index contributed by atoms with van der Waals surface area (Å²) in [6.07, 6.45) is 5.72. The van der Waals surface area contributed by atoms with Gasteiger partial charge in [-0.25, -0.2) is 4.79 Å². The number of nitrogens with two attached hydrogens (primary N) is 2. The summed E-state index contributed by atoms with van der Waals surface area (Å²) in [5.41, 5.74) is 14.7. The molecule has 3 aromatic rings. The Bertz CT molecular complexity index is 1280. The molecule has 0 saturated heterocycles. The quantitative estimate of drug-likeness (QED) is 0.369. The van der Waals surface area contributed by atoms with E-state index in [1.165, 1.54) is 24.2 Å². The van der Waals surface area contributed by atoms with Crippen molar-refractivity contribution < 1.29 is 14.3 Å². The number of rotatable bonds is 10. The number of aromatic nitrogens is 1. The van der Waals surface area contributed by atoms with E-state index in [9.17, 15) is 14.4 Å². The van der Waals surface area contributed by atoms with Gasteiger partial charge in [0.05, 0.1) is 13.0 Å². The highest BCUT2D eigenvalue weighted by Crippen LogP contribution is 2.28. The molecule has 2 aromatic carbocycles. The lowest BCUT2D eigenvalue weighted by molar-refractivity contribution is -0.117. The number of benzene rings is 2. The average molecular weight is 517 g/mol. The molecular formula is C30H36N4O4. The number of hydrogen-bond acceptors (Lipinski definition) is 5. The van der Waals surface area contributed by atoms with Crippen molar-refractivity contribution in [2.75, 3.05) is 4.90 Å². The largest absolute Gasteiger partial charge is 0.444 e. The van der Waals surface area contributed by atoms with E-state index in [-0.39, 0.29) is 25.3 Å². The highest BCUT2D eigenvalue weighted by molar-refractivity contribution is 5.90. The maximum Gasteiger partial charge on any atom is 0.415 e. The molecule has 0 unspecified atom stereocenters. The summed E-state index contributed by atoms with van der Waals surface area (Å²) in [4.78, 5) is 43.3. The Balaban J connectivity index is 1.68. The van der Waals surface area contributed by atoms with Crippen LogP contribution in [0.25, 0.3) is 0 Å². The second kappa shape index (κ2) is 13.1. The van der Waals surface area contributed by atoms with Crippen molar-refractivity contribution in [3.05, 3.63) is 99.0 Å². The van der Waals surface area contributed by atoms with Crippen molar-refractivity contribution in [3.63, 3.8) is 0 Å². The van der Waals surface area contributed by atoms with Gasteiger partial charge in [-0.3, -0.25) is 14.5 Å². The summed E-state index contributed by atoms with van der Waals surface area (Å²) >= 11 is 0. The van der Waals surface area contributed by atoms with Crippen LogP contribution in [0, 0.1) is 5.92 Å². The van der Waals surface area contributed by atoms with Crippen LogP contribution >= 0.6 is 0 Å². The van der Waals surface area contributed by atoms with Crippen molar-refractivity contribution in [1.29, 1.82) is 0 Å². The molecule has 2 amide bonds. The minimum absolute atomic E-state index is 0.0467. The molecule has 1 fully saturated rings. The van der Waals surface area contributed by atoms with Crippen LogP contribution in [0.2, 0.25) is 0 Å². The highest BCUT2D eigenvalue weighted by atomic mass is 16.6. The summed E-state index contributed by atoms with van der Waals surface area (Å²) in [5.74, 6) is -0.0925. The normalized spacial score (nSPS) is 13.7. The van der Waals surface area contributed by atoms with Crippen molar-refractivity contribution in [3.8, 4) is 0 Å². The summed E-state index contributed by atoms with van der Waals surface area (Å²) in [6.45, 7) is 0.522. The molecule has 0 radical (unpaired) electrons. The molecular weight excluding hydrogens is 480 g/mol. The van der Waals surface area contributed by atoms with Gasteiger partial charge in [-0.2, -0.15) is 0 Å². The molecule has 4 rings (SSSR count). The van der Waals surface area contributed by atoms with Crippen molar-refractivity contribution in [2.24, 2.45) is 17.4 Å². The smallest absolute Gasteiger partial charge is 0.415 e. The lowest BCUT2D eigenvalue weighted by atomic mass is 9.86. The SMILES string of the molecule is NCc1ccc(CN(C(=O)OCc2ccccc2)c2c(CC(N)=O)cc(CC3CCCCC3)[nH]c2=O)cc1. The minimum Gasteiger partial charge on any atom is -0.444 e. The third kappa shape index (κ3) is 7.32. The molecule has 8 nitrogen and oxygen atoms in total. The van der Waals surface area contributed by atoms with E-state index in [2.05, 4.69) is 4.98 Å². The van der Waals surface area contributed by atoms with Crippen molar-refractivity contribution in [1.82, 2.24) is 4.98 Å². The number of anilines is 1. The predicted octanol–water partition coefficient (Wildman–Crippen LogP) is 4.33. The zero-order valence-electron chi connectivity index (χ0n) is 21.7. The van der Waals surface area contributed by atoms with Gasteiger partial charge in [0.25, 0.3) is 5.56 Å². The fraction of sp³-hybridized carbons (Fsp3) is 0.367. The van der Waals surface area contributed by atoms with Crippen molar-refractivity contribution in [2.45, 2.75) is 64.6 Å². The van der Waals surface area contributed by atoms with E-state index in [4.69, 9.17) is 16.2 Å². The van der Waals surface area contributed by atoms with Gasteiger partial charge in [0.1, 0.15) is 12.3 Å². The lowest BCUT2D eigenvalue weighted by Crippen LogP contribution is -2.37. The monoisotopic (exact) mass is 516 g/mol. The fourth-order valence-corrected chi connectivity index (χ4v) is 5.09. The van der Waals surface area contributed by atoms with Crippen LogP contribution in [-0.4, -0.2) is 17.0 Å². The molecule has 0 atom stereocenters. The molecule has 8 heteroatoms. The Hall–Kier alpha value is -3.91. The van der Waals surface area contributed by atoms with Gasteiger partial charge in [0.2, 0.25) is 5.91 Å². The maximum absolute atomic E-state index is 13.5. The molecule has 5 N–H and O–H groups in total. The number of nitrogens with zero attached hydrogens (tertiary/aromatic N) is 1. The third-order valence-corrected chi connectivity index (χ3v) is 7.03. The van der Waals surface area contributed by atoms with Gasteiger partial charge in [-0.05, 0) is 40.7 Å². The number of nitrogens with one attached hydrogen (secondary N) is 1. The number of hydrogen-bond donors (Lipinski definition) is 3. The molecule has 0 bridgehead atoms. The lowest BCUT2D eigenvalue weighted by Gasteiger charge is -2.25. The van der Waals surface area contributed by atoms with E-state index in [1.54, 1.807) is 0 Å². The predicted molar refractivity (Wildman–Crippen MR) is 147 cm³/mol. The molecule has 38 heavy (non-hydrogen) atoms. The third-order valence-electron chi connectivity index (χ3n) is 7.03. The number of ether oxygens (including phenoxy) is 1. The van der Waals surface area contributed by atoms with E-state index in [0.29, 0.717) is 18.0 Å². The summed E-state index contributed by atoms with van der Waals surface area (Å²) in [6, 6.07) is 18.6. The standard InChI is InChI=1S/C30H36N4O4/c31-18-22-11-13-23(14-12-22)19-34(30(37)38-20-24-9-5-2-6-10-24)28-25(17-27(32)35)16-26(33-29(28)36)15-21-7-3-1-4-8-21/h2,5-6,9-14,16,21H,1,3-4,7-8,15,17-20,31H2,(H2,32,35)(H,33,36). The Kier molecular flexibility index (Phi) is 9.32. The van der Waals surface area contributed by atoms with E-state index in [1.807, 2.05) is 60.7 Å². The fourth-order valence-electron chi connectivity index (χ4n) is 5.09. The topological polar surface area (TPSA) is 132 Å². The number of pyridine rings is 1. The van der Waals surface area contributed by atoms with Crippen molar-refractivity contribution >= 4 is 17.7 Å². The Morgan fingerprint density at radius 2 is 1.63 bits per heavy atom. The summed E-state index contributed by atoms with van der Waals surface area (Å²) in [5, 5.41) is 0. The molecule has 1 saturated carbocycles. The molecule has 1 heterocycles. The van der Waals surface area contributed by atoms with E-state index >= 15 is 0 Å². The second-order valence-corrected chi connectivity index (χ2v) is 10.00. The maximum atomic E-state index is 13.5. The van der Waals surface area contributed by atoms with Crippen LogP contribution in [0.15, 0.2) is 65.5 Å². The molecule has 1 aromatic heterocycles. The Labute approximate surface area is 223 Å². The van der Waals surface area contributed by atoms with E-state index in [0.717, 1.165) is 41.6 Å². The summed E-state index contributed by atoms with van der Waals surface area (Å²) < 4.78 is 5.63. The number of amides is 2. The van der Waals surface area contributed by atoms with Crippen LogP contribution in [0.5, 0.6) is 0 Å². The number of H-pyrrole nitrogens is 1. The highest BCUT2D eigenvalue weighted by Gasteiger charge is 2.26. The summed E-state index contributed by atoms with van der Waals surface area (Å²) in [7, 11) is 0. The zero-order valence-corrected chi connectivity index (χ0v) is 21.7. The van der Waals surface area contributed by atoms with Gasteiger partial charge < -0.3 is 21.2 Å². The molecule has 1 aliphatic carbocycles. The van der Waals surface area contributed by atoms with Gasteiger partial charge in [-0.15, -0.1) is 0 Å². The zero-order chi connectivity index (χ0) is 26.9. The second-order valence-electron chi connectivity index (χ2n) is 10.00. The molecule has 200 valence electrons. The van der Waals surface area contributed by atoms with Crippen LogP contribution < -0.4 is 21.9 Å². The number of carbonyl (C=O) groups is 2. The minimum atomic E-state index is -0.687. The van der Waals surface area contributed by atoms with Gasteiger partial charge in [-0.1, -0.05) is 86.7 Å². The number of primary amides is 1. The molecule has 0 aliphatic heterocycles. The average Bonchev–Trinajstić information content (AvgIpc) is 2.92. The number of aromatic amines is 1. The number of carbonyl (C=O) groups excluding carboxylic acids is 2. The first-order valence-electron chi connectivity index (χ1n) is 13.2. The van der Waals surface area contributed by atoms with E-state index < -0.39 is 17.6 Å². The van der Waals surface area contributed by atoms with Gasteiger partial charge in [0, 0.05) is 12.2 Å². The molecule has 1 aliphatic rings. The van der Waals surface area contributed by atoms with Gasteiger partial charge >= 0.3 is 6.09 Å². The van der Waals surface area contributed by atoms with Crippen LogP contribution in [-0.2, 0) is 42.1 Å². The van der Waals surface area contributed by atoms with Crippen LogP contribution in [0.1, 0.15) is 60.1 Å². The van der Waals surface area contributed by atoms with Crippen LogP contribution in [0.3, 0.4) is 0 Å². The first-order chi connectivity index (χ1) is 18.4. The molecule has 0 spiro atoms. The Morgan fingerprint density at radius 1 is 0.947 bits per heavy atom. The van der Waals surface area contributed by atoms with Gasteiger partial charge in [0.15, 0.2) is 0 Å². The first kappa shape index (κ1) is 27.1.